The smallest absolute Gasteiger partial charge is 0.186 e. The zero-order valence-corrected chi connectivity index (χ0v) is 18.0. The maximum atomic E-state index is 6.16. The van der Waals surface area contributed by atoms with Crippen LogP contribution in [0.2, 0.25) is 0 Å². The SMILES string of the molecule is CCC(C)c1ccccc1OCCn1cc(C=NNC(=S)NC)c2ccccc21. The summed E-state index contributed by atoms with van der Waals surface area (Å²) in [5.74, 6) is 1.46. The van der Waals surface area contributed by atoms with Crippen LogP contribution in [-0.2, 0) is 6.54 Å². The van der Waals surface area contributed by atoms with Crippen molar-refractivity contribution in [2.24, 2.45) is 5.10 Å². The van der Waals surface area contributed by atoms with E-state index in [1.807, 2.05) is 18.2 Å². The molecule has 0 saturated carbocycles. The van der Waals surface area contributed by atoms with E-state index in [1.165, 1.54) is 5.56 Å². The summed E-state index contributed by atoms with van der Waals surface area (Å²) in [6, 6.07) is 16.6. The third-order valence-electron chi connectivity index (χ3n) is 5.07. The number of para-hydroxylation sites is 2. The van der Waals surface area contributed by atoms with Gasteiger partial charge in [-0.1, -0.05) is 50.2 Å². The summed E-state index contributed by atoms with van der Waals surface area (Å²) in [6.45, 7) is 5.80. The number of fused-ring (bicyclic) bond motifs is 1. The number of hydrogen-bond donors (Lipinski definition) is 2. The van der Waals surface area contributed by atoms with Crippen LogP contribution in [0.4, 0.5) is 0 Å². The molecule has 0 radical (unpaired) electrons. The van der Waals surface area contributed by atoms with Crippen LogP contribution >= 0.6 is 12.2 Å². The van der Waals surface area contributed by atoms with Gasteiger partial charge in [0, 0.05) is 29.7 Å². The van der Waals surface area contributed by atoms with Crippen LogP contribution in [0.1, 0.15) is 37.3 Å². The van der Waals surface area contributed by atoms with Crippen LogP contribution in [0.25, 0.3) is 10.9 Å². The normalized spacial score (nSPS) is 12.2. The van der Waals surface area contributed by atoms with Crippen molar-refractivity contribution in [1.29, 1.82) is 0 Å². The fourth-order valence-corrected chi connectivity index (χ4v) is 3.33. The lowest BCUT2D eigenvalue weighted by atomic mass is 9.98. The van der Waals surface area contributed by atoms with Gasteiger partial charge in [-0.15, -0.1) is 0 Å². The topological polar surface area (TPSA) is 50.6 Å². The van der Waals surface area contributed by atoms with Crippen LogP contribution < -0.4 is 15.5 Å². The Morgan fingerprint density at radius 1 is 1.21 bits per heavy atom. The molecule has 0 fully saturated rings. The van der Waals surface area contributed by atoms with Crippen molar-refractivity contribution in [3.63, 3.8) is 0 Å². The molecule has 3 rings (SSSR count). The fourth-order valence-electron chi connectivity index (χ4n) is 3.27. The minimum atomic E-state index is 0.484. The highest BCUT2D eigenvalue weighted by molar-refractivity contribution is 7.80. The van der Waals surface area contributed by atoms with E-state index in [1.54, 1.807) is 13.3 Å². The summed E-state index contributed by atoms with van der Waals surface area (Å²) in [7, 11) is 1.76. The molecule has 1 atom stereocenters. The van der Waals surface area contributed by atoms with E-state index < -0.39 is 0 Å². The van der Waals surface area contributed by atoms with Crippen LogP contribution in [0.3, 0.4) is 0 Å². The largest absolute Gasteiger partial charge is 0.491 e. The molecule has 152 valence electrons. The lowest BCUT2D eigenvalue weighted by Gasteiger charge is -2.16. The van der Waals surface area contributed by atoms with Crippen molar-refractivity contribution < 1.29 is 4.74 Å². The Kier molecular flexibility index (Phi) is 7.25. The van der Waals surface area contributed by atoms with Gasteiger partial charge in [0.1, 0.15) is 12.4 Å². The van der Waals surface area contributed by atoms with E-state index in [0.29, 0.717) is 17.6 Å². The van der Waals surface area contributed by atoms with Crippen LogP contribution in [0, 0.1) is 0 Å². The number of hydrazone groups is 1. The Balaban J connectivity index is 1.74. The number of rotatable bonds is 8. The van der Waals surface area contributed by atoms with E-state index in [0.717, 1.165) is 35.2 Å². The van der Waals surface area contributed by atoms with Crippen molar-refractivity contribution in [1.82, 2.24) is 15.3 Å². The fraction of sp³-hybridized carbons (Fsp3) is 0.304. The lowest BCUT2D eigenvalue weighted by Crippen LogP contribution is -2.28. The van der Waals surface area contributed by atoms with Gasteiger partial charge in [-0.05, 0) is 42.3 Å². The zero-order valence-electron chi connectivity index (χ0n) is 17.2. The second-order valence-electron chi connectivity index (χ2n) is 6.94. The summed E-state index contributed by atoms with van der Waals surface area (Å²) in [5.41, 5.74) is 6.26. The number of nitrogens with zero attached hydrogens (tertiary/aromatic N) is 2. The molecule has 2 N–H and O–H groups in total. The van der Waals surface area contributed by atoms with Gasteiger partial charge in [0.25, 0.3) is 0 Å². The Morgan fingerprint density at radius 3 is 2.76 bits per heavy atom. The minimum Gasteiger partial charge on any atom is -0.491 e. The standard InChI is InChI=1S/C23H28N4OS/c1-4-17(2)19-9-6-8-12-22(19)28-14-13-27-16-18(15-25-26-23(29)24-3)20-10-5-7-11-21(20)27/h5-12,15-17H,4,13-14H2,1-3H3,(H2,24,26,29). The van der Waals surface area contributed by atoms with Crippen molar-refractivity contribution in [3.8, 4) is 5.75 Å². The molecule has 0 aliphatic rings. The van der Waals surface area contributed by atoms with Gasteiger partial charge in [0.2, 0.25) is 0 Å². The maximum Gasteiger partial charge on any atom is 0.186 e. The van der Waals surface area contributed by atoms with E-state index in [4.69, 9.17) is 17.0 Å². The van der Waals surface area contributed by atoms with Gasteiger partial charge in [-0.3, -0.25) is 5.43 Å². The molecule has 5 nitrogen and oxygen atoms in total. The van der Waals surface area contributed by atoms with Crippen molar-refractivity contribution >= 4 is 34.4 Å². The Labute approximate surface area is 177 Å². The first-order chi connectivity index (χ1) is 14.1. The summed E-state index contributed by atoms with van der Waals surface area (Å²) in [5, 5.41) is 8.69. The van der Waals surface area contributed by atoms with Crippen molar-refractivity contribution in [2.75, 3.05) is 13.7 Å². The molecule has 2 aromatic carbocycles. The van der Waals surface area contributed by atoms with E-state index >= 15 is 0 Å². The van der Waals surface area contributed by atoms with Crippen LogP contribution in [0.5, 0.6) is 5.75 Å². The molecule has 1 heterocycles. The third-order valence-corrected chi connectivity index (χ3v) is 5.36. The van der Waals surface area contributed by atoms with Gasteiger partial charge in [-0.25, -0.2) is 0 Å². The molecular weight excluding hydrogens is 380 g/mol. The average molecular weight is 409 g/mol. The quantitative estimate of drug-likeness (QED) is 0.323. The molecule has 1 unspecified atom stereocenters. The number of nitrogens with one attached hydrogen (secondary N) is 2. The first-order valence-corrected chi connectivity index (χ1v) is 10.3. The highest BCUT2D eigenvalue weighted by Gasteiger charge is 2.10. The first-order valence-electron chi connectivity index (χ1n) is 9.94. The summed E-state index contributed by atoms with van der Waals surface area (Å²) in [6.07, 6.45) is 4.99. The molecule has 29 heavy (non-hydrogen) atoms. The first kappa shape index (κ1) is 20.9. The molecule has 3 aromatic rings. The molecule has 0 aliphatic heterocycles. The van der Waals surface area contributed by atoms with Gasteiger partial charge < -0.3 is 14.6 Å². The average Bonchev–Trinajstić information content (AvgIpc) is 3.11. The monoisotopic (exact) mass is 408 g/mol. The van der Waals surface area contributed by atoms with Gasteiger partial charge >= 0.3 is 0 Å². The Bertz CT molecular complexity index is 995. The van der Waals surface area contributed by atoms with Crippen molar-refractivity contribution in [3.05, 3.63) is 65.9 Å². The molecule has 1 aromatic heterocycles. The van der Waals surface area contributed by atoms with E-state index in [2.05, 4.69) is 70.8 Å². The number of aromatic nitrogens is 1. The molecule has 0 aliphatic carbocycles. The minimum absolute atomic E-state index is 0.484. The predicted molar refractivity (Wildman–Crippen MR) is 125 cm³/mol. The highest BCUT2D eigenvalue weighted by Crippen LogP contribution is 2.28. The zero-order chi connectivity index (χ0) is 20.6. The van der Waals surface area contributed by atoms with Gasteiger partial charge in [0.05, 0.1) is 12.8 Å². The summed E-state index contributed by atoms with van der Waals surface area (Å²) in [4.78, 5) is 0. The second-order valence-corrected chi connectivity index (χ2v) is 7.35. The molecule has 0 saturated heterocycles. The number of thiocarbonyl (C=S) groups is 1. The third kappa shape index (κ3) is 5.15. The van der Waals surface area contributed by atoms with Crippen LogP contribution in [0.15, 0.2) is 59.8 Å². The molecular formula is C23H28N4OS. The van der Waals surface area contributed by atoms with E-state index in [9.17, 15) is 0 Å². The molecule has 6 heteroatoms. The Morgan fingerprint density at radius 2 is 1.97 bits per heavy atom. The van der Waals surface area contributed by atoms with Gasteiger partial charge in [0.15, 0.2) is 5.11 Å². The predicted octanol–water partition coefficient (Wildman–Crippen LogP) is 4.66. The number of hydrogen-bond acceptors (Lipinski definition) is 3. The van der Waals surface area contributed by atoms with Crippen molar-refractivity contribution in [2.45, 2.75) is 32.7 Å². The van der Waals surface area contributed by atoms with Crippen LogP contribution in [-0.4, -0.2) is 29.5 Å². The summed E-state index contributed by atoms with van der Waals surface area (Å²) >= 11 is 5.06. The summed E-state index contributed by atoms with van der Waals surface area (Å²) < 4.78 is 8.36. The number of benzene rings is 2. The van der Waals surface area contributed by atoms with E-state index in [-0.39, 0.29) is 0 Å². The highest BCUT2D eigenvalue weighted by atomic mass is 32.1. The Hall–Kier alpha value is -2.86. The second kappa shape index (κ2) is 10.1. The number of ether oxygens (including phenoxy) is 1. The van der Waals surface area contributed by atoms with Gasteiger partial charge in [-0.2, -0.15) is 5.10 Å². The maximum absolute atomic E-state index is 6.16. The molecule has 0 bridgehead atoms. The molecule has 0 spiro atoms. The molecule has 0 amide bonds. The lowest BCUT2D eigenvalue weighted by molar-refractivity contribution is 0.296.